The number of nitrogens with one attached hydrogen (secondary N) is 3. The van der Waals surface area contributed by atoms with E-state index < -0.39 is 28.8 Å². The molecule has 0 spiro atoms. The van der Waals surface area contributed by atoms with Crippen molar-refractivity contribution in [2.24, 2.45) is 0 Å². The summed E-state index contributed by atoms with van der Waals surface area (Å²) in [5, 5.41) is 18.2. The van der Waals surface area contributed by atoms with Gasteiger partial charge in [-0.15, -0.1) is 0 Å². The van der Waals surface area contributed by atoms with Crippen LogP contribution in [0.5, 0.6) is 0 Å². The van der Waals surface area contributed by atoms with Gasteiger partial charge in [0.05, 0.1) is 28.1 Å². The minimum absolute atomic E-state index is 0.0828. The molecule has 4 rings (SSSR count). The first-order valence-corrected chi connectivity index (χ1v) is 11.3. The summed E-state index contributed by atoms with van der Waals surface area (Å²) in [5.74, 6) is -1.61. The number of pyridine rings is 1. The molecule has 2 aromatic carbocycles. The molecule has 3 aromatic rings. The van der Waals surface area contributed by atoms with Crippen molar-refractivity contribution in [1.29, 1.82) is 0 Å². The highest BCUT2D eigenvalue weighted by Gasteiger charge is 2.28. The first-order valence-electron chi connectivity index (χ1n) is 10.5. The number of rotatable bonds is 9. The monoisotopic (exact) mass is 502 g/mol. The Morgan fingerprint density at radius 3 is 2.21 bits per heavy atom. The van der Waals surface area contributed by atoms with Gasteiger partial charge in [-0.05, 0) is 37.0 Å². The van der Waals surface area contributed by atoms with Crippen LogP contribution in [0.4, 0.5) is 17.1 Å². The number of carbonyl (C=O) groups is 2. The van der Waals surface area contributed by atoms with E-state index in [0.717, 1.165) is 19.3 Å². The third kappa shape index (κ3) is 4.90. The van der Waals surface area contributed by atoms with Crippen molar-refractivity contribution in [3.8, 4) is 0 Å². The summed E-state index contributed by atoms with van der Waals surface area (Å²) in [7, 11) is 0. The van der Waals surface area contributed by atoms with Gasteiger partial charge in [0.15, 0.2) is 0 Å². The standard InChI is InChI=1S/C23H20Cl2N4O5/c24-14-9-26-10-15(25)18(14)23(34)28-13-6-4-11(5-7-13)16(8-17(30)31)29-20-19(21(32)22(20)33)27-12-2-1-3-12/h4-7,9-10,12,16,27,29H,1-3,8H2,(H,28,34)(H,30,31)/t16-/m0/s1. The maximum Gasteiger partial charge on any atom is 0.305 e. The highest BCUT2D eigenvalue weighted by atomic mass is 35.5. The topological polar surface area (TPSA) is 137 Å². The highest BCUT2D eigenvalue weighted by Crippen LogP contribution is 2.30. The van der Waals surface area contributed by atoms with E-state index in [2.05, 4.69) is 20.9 Å². The number of carboxylic acids is 1. The summed E-state index contributed by atoms with van der Waals surface area (Å²) in [6, 6.07) is 5.79. The minimum atomic E-state index is -1.08. The Morgan fingerprint density at radius 1 is 1.03 bits per heavy atom. The molecule has 4 N–H and O–H groups in total. The molecule has 176 valence electrons. The van der Waals surface area contributed by atoms with Gasteiger partial charge in [-0.2, -0.15) is 0 Å². The van der Waals surface area contributed by atoms with Crippen LogP contribution >= 0.6 is 23.2 Å². The summed E-state index contributed by atoms with van der Waals surface area (Å²) >= 11 is 12.0. The van der Waals surface area contributed by atoms with E-state index >= 15 is 0 Å². The molecule has 0 radical (unpaired) electrons. The number of hydrogen-bond acceptors (Lipinski definition) is 7. The quantitative estimate of drug-likeness (QED) is 0.324. The number of aliphatic carboxylic acids is 1. The van der Waals surface area contributed by atoms with Crippen LogP contribution in [0.25, 0.3) is 0 Å². The number of anilines is 3. The lowest BCUT2D eigenvalue weighted by molar-refractivity contribution is -0.137. The molecule has 0 aliphatic heterocycles. The van der Waals surface area contributed by atoms with Crippen LogP contribution in [0.1, 0.15) is 47.6 Å². The molecular formula is C23H20Cl2N4O5. The summed E-state index contributed by atoms with van der Waals surface area (Å²) in [6.07, 6.45) is 5.18. The third-order valence-corrected chi connectivity index (χ3v) is 6.29. The summed E-state index contributed by atoms with van der Waals surface area (Å²) in [6.45, 7) is 0. The molecule has 1 heterocycles. The Morgan fingerprint density at radius 2 is 1.65 bits per heavy atom. The largest absolute Gasteiger partial charge is 0.481 e. The van der Waals surface area contributed by atoms with Gasteiger partial charge in [0, 0.05) is 24.1 Å². The lowest BCUT2D eigenvalue weighted by Crippen LogP contribution is -2.41. The molecule has 1 amide bonds. The summed E-state index contributed by atoms with van der Waals surface area (Å²) in [4.78, 5) is 52.0. The van der Waals surface area contributed by atoms with Crippen molar-refractivity contribution >= 4 is 52.1 Å². The van der Waals surface area contributed by atoms with E-state index in [1.807, 2.05) is 0 Å². The Kier molecular flexibility index (Phi) is 6.85. The fourth-order valence-electron chi connectivity index (χ4n) is 3.65. The third-order valence-electron chi connectivity index (χ3n) is 5.71. The van der Waals surface area contributed by atoms with E-state index in [1.54, 1.807) is 24.3 Å². The first kappa shape index (κ1) is 23.7. The second kappa shape index (κ2) is 9.82. The second-order valence-corrected chi connectivity index (χ2v) is 8.84. The lowest BCUT2D eigenvalue weighted by Gasteiger charge is -2.30. The Bertz CT molecular complexity index is 1290. The maximum atomic E-state index is 12.6. The molecule has 1 aliphatic carbocycles. The van der Waals surface area contributed by atoms with Gasteiger partial charge in [-0.3, -0.25) is 24.2 Å². The maximum absolute atomic E-state index is 12.6. The number of halogens is 2. The first-order chi connectivity index (χ1) is 16.2. The van der Waals surface area contributed by atoms with Gasteiger partial charge in [-0.1, -0.05) is 35.3 Å². The smallest absolute Gasteiger partial charge is 0.305 e. The van der Waals surface area contributed by atoms with Gasteiger partial charge in [0.2, 0.25) is 0 Å². The molecule has 1 atom stereocenters. The van der Waals surface area contributed by atoms with Gasteiger partial charge >= 0.3 is 5.97 Å². The van der Waals surface area contributed by atoms with Crippen molar-refractivity contribution in [3.05, 3.63) is 78.3 Å². The predicted octanol–water partition coefficient (Wildman–Crippen LogP) is 3.83. The van der Waals surface area contributed by atoms with Crippen molar-refractivity contribution in [2.75, 3.05) is 16.0 Å². The van der Waals surface area contributed by atoms with Crippen LogP contribution < -0.4 is 26.8 Å². The zero-order valence-electron chi connectivity index (χ0n) is 17.7. The highest BCUT2D eigenvalue weighted by molar-refractivity contribution is 6.40. The Labute approximate surface area is 203 Å². The molecular weight excluding hydrogens is 483 g/mol. The van der Waals surface area contributed by atoms with Crippen molar-refractivity contribution in [1.82, 2.24) is 4.98 Å². The van der Waals surface area contributed by atoms with Crippen LogP contribution in [0.3, 0.4) is 0 Å². The van der Waals surface area contributed by atoms with E-state index in [4.69, 9.17) is 23.2 Å². The predicted molar refractivity (Wildman–Crippen MR) is 130 cm³/mol. The summed E-state index contributed by atoms with van der Waals surface area (Å²) < 4.78 is 0. The molecule has 11 heteroatoms. The molecule has 1 aliphatic rings. The Hall–Kier alpha value is -3.43. The van der Waals surface area contributed by atoms with Crippen LogP contribution in [-0.4, -0.2) is 28.0 Å². The van der Waals surface area contributed by atoms with Gasteiger partial charge < -0.3 is 21.1 Å². The van der Waals surface area contributed by atoms with Crippen LogP contribution in [0, 0.1) is 0 Å². The van der Waals surface area contributed by atoms with Gasteiger partial charge in [-0.25, -0.2) is 0 Å². The van der Waals surface area contributed by atoms with E-state index in [0.29, 0.717) is 11.3 Å². The molecule has 0 unspecified atom stereocenters. The fraction of sp³-hybridized carbons (Fsp3) is 0.261. The average molecular weight is 503 g/mol. The number of carboxylic acid groups (broad SMARTS) is 1. The number of nitrogens with zero attached hydrogens (tertiary/aromatic N) is 1. The fourth-order valence-corrected chi connectivity index (χ4v) is 4.18. The SMILES string of the molecule is O=C(O)C[C@H](Nc1c(NC2CCC2)c(=O)c1=O)c1ccc(NC(=O)c2c(Cl)cncc2Cl)cc1. The molecule has 9 nitrogen and oxygen atoms in total. The number of carbonyl (C=O) groups excluding carboxylic acids is 1. The zero-order valence-corrected chi connectivity index (χ0v) is 19.2. The van der Waals surface area contributed by atoms with Crippen molar-refractivity contribution < 1.29 is 14.7 Å². The van der Waals surface area contributed by atoms with Crippen LogP contribution in [0.15, 0.2) is 46.2 Å². The Balaban J connectivity index is 1.51. The molecule has 0 saturated heterocycles. The van der Waals surface area contributed by atoms with Gasteiger partial charge in [0.1, 0.15) is 11.4 Å². The number of amides is 1. The molecule has 1 aromatic heterocycles. The number of aromatic nitrogens is 1. The van der Waals surface area contributed by atoms with E-state index in [1.165, 1.54) is 12.4 Å². The normalized spacial score (nSPS) is 14.3. The van der Waals surface area contributed by atoms with E-state index in [9.17, 15) is 24.3 Å². The van der Waals surface area contributed by atoms with Crippen LogP contribution in [0.2, 0.25) is 10.0 Å². The average Bonchev–Trinajstić information content (AvgIpc) is 2.76. The molecule has 1 saturated carbocycles. The second-order valence-electron chi connectivity index (χ2n) is 8.03. The zero-order chi connectivity index (χ0) is 24.4. The molecule has 34 heavy (non-hydrogen) atoms. The van der Waals surface area contributed by atoms with Crippen LogP contribution in [-0.2, 0) is 4.79 Å². The molecule has 0 bridgehead atoms. The van der Waals surface area contributed by atoms with Crippen molar-refractivity contribution in [2.45, 2.75) is 37.8 Å². The minimum Gasteiger partial charge on any atom is -0.481 e. The van der Waals surface area contributed by atoms with Gasteiger partial charge in [0.25, 0.3) is 16.8 Å². The number of benzene rings is 1. The molecule has 1 fully saturated rings. The lowest BCUT2D eigenvalue weighted by atomic mass is 9.92. The van der Waals surface area contributed by atoms with E-state index in [-0.39, 0.29) is 39.4 Å². The summed E-state index contributed by atoms with van der Waals surface area (Å²) in [5.41, 5.74) is 0.0976. The van der Waals surface area contributed by atoms with Crippen molar-refractivity contribution in [3.63, 3.8) is 0 Å². The number of hydrogen-bond donors (Lipinski definition) is 4.